The highest BCUT2D eigenvalue weighted by Gasteiger charge is 2.30. The van der Waals surface area contributed by atoms with E-state index in [-0.39, 0.29) is 36.0 Å². The fourth-order valence-electron chi connectivity index (χ4n) is 3.31. The lowest BCUT2D eigenvalue weighted by Gasteiger charge is -2.23. The largest absolute Gasteiger partial charge is 0.462 e. The van der Waals surface area contributed by atoms with Gasteiger partial charge >= 0.3 is 5.97 Å². The number of carbonyl (C=O) groups excluding carboxylic acids is 1. The number of hydrogen-bond donors (Lipinski definition) is 1. The standard InChI is InChI=1S/C17H31N3O2.HI/c1-17(2)10-12-20(13-17)16(18-3)19-11-6-9-15(21)22-14-7-4-5-8-14;/h14H,4-13H2,1-3H3,(H,18,19);1H. The van der Waals surface area contributed by atoms with Gasteiger partial charge in [-0.25, -0.2) is 0 Å². The Bertz CT molecular complexity index is 407. The third kappa shape index (κ3) is 6.85. The molecule has 0 amide bonds. The van der Waals surface area contributed by atoms with E-state index in [1.54, 1.807) is 0 Å². The van der Waals surface area contributed by atoms with Crippen LogP contribution in [0.4, 0.5) is 0 Å². The average molecular weight is 437 g/mol. The van der Waals surface area contributed by atoms with Crippen LogP contribution in [-0.4, -0.2) is 49.6 Å². The first-order chi connectivity index (χ1) is 10.5. The number of guanidine groups is 1. The van der Waals surface area contributed by atoms with Gasteiger partial charge in [0.1, 0.15) is 6.10 Å². The van der Waals surface area contributed by atoms with E-state index in [1.165, 1.54) is 19.3 Å². The molecule has 0 radical (unpaired) electrons. The second-order valence-corrected chi connectivity index (χ2v) is 7.31. The molecule has 1 N–H and O–H groups in total. The number of carbonyl (C=O) groups is 1. The molecule has 0 bridgehead atoms. The Kier molecular flexibility index (Phi) is 8.64. The van der Waals surface area contributed by atoms with Crippen LogP contribution < -0.4 is 5.32 Å². The number of halogens is 1. The normalized spacial score (nSPS) is 21.2. The predicted molar refractivity (Wildman–Crippen MR) is 104 cm³/mol. The minimum Gasteiger partial charge on any atom is -0.462 e. The van der Waals surface area contributed by atoms with E-state index in [9.17, 15) is 4.79 Å². The van der Waals surface area contributed by atoms with Crippen molar-refractivity contribution in [1.29, 1.82) is 0 Å². The summed E-state index contributed by atoms with van der Waals surface area (Å²) < 4.78 is 5.46. The SMILES string of the molecule is CN=C(NCCCC(=O)OC1CCCC1)N1CCC(C)(C)C1.I. The second-order valence-electron chi connectivity index (χ2n) is 7.31. The molecule has 1 saturated heterocycles. The van der Waals surface area contributed by atoms with Crippen LogP contribution in [0.5, 0.6) is 0 Å². The molecule has 134 valence electrons. The number of nitrogens with zero attached hydrogens (tertiary/aromatic N) is 2. The summed E-state index contributed by atoms with van der Waals surface area (Å²) in [6, 6.07) is 0. The quantitative estimate of drug-likeness (QED) is 0.236. The van der Waals surface area contributed by atoms with Gasteiger partial charge in [-0.1, -0.05) is 13.8 Å². The van der Waals surface area contributed by atoms with Gasteiger partial charge in [0.05, 0.1) is 0 Å². The topological polar surface area (TPSA) is 53.9 Å². The molecule has 1 aliphatic carbocycles. The van der Waals surface area contributed by atoms with Gasteiger partial charge in [-0.05, 0) is 43.9 Å². The molecule has 0 aromatic carbocycles. The first-order valence-electron chi connectivity index (χ1n) is 8.65. The van der Waals surface area contributed by atoms with E-state index in [0.29, 0.717) is 11.8 Å². The molecule has 23 heavy (non-hydrogen) atoms. The number of rotatable bonds is 5. The summed E-state index contributed by atoms with van der Waals surface area (Å²) in [7, 11) is 1.82. The van der Waals surface area contributed by atoms with Crippen LogP contribution in [0.25, 0.3) is 0 Å². The maximum absolute atomic E-state index is 11.8. The number of nitrogens with one attached hydrogen (secondary N) is 1. The van der Waals surface area contributed by atoms with Crippen molar-refractivity contribution in [3.63, 3.8) is 0 Å². The van der Waals surface area contributed by atoms with E-state index in [0.717, 1.165) is 44.9 Å². The van der Waals surface area contributed by atoms with Crippen LogP contribution in [-0.2, 0) is 9.53 Å². The monoisotopic (exact) mass is 437 g/mol. The van der Waals surface area contributed by atoms with Gasteiger partial charge in [-0.2, -0.15) is 0 Å². The van der Waals surface area contributed by atoms with Gasteiger partial charge in [-0.15, -0.1) is 24.0 Å². The van der Waals surface area contributed by atoms with Crippen LogP contribution in [0.3, 0.4) is 0 Å². The van der Waals surface area contributed by atoms with Gasteiger partial charge in [0.25, 0.3) is 0 Å². The smallest absolute Gasteiger partial charge is 0.306 e. The number of aliphatic imine (C=N–C) groups is 1. The second kappa shape index (κ2) is 9.69. The molecule has 6 heteroatoms. The number of likely N-dealkylation sites (tertiary alicyclic amines) is 1. The van der Waals surface area contributed by atoms with E-state index in [1.807, 2.05) is 7.05 Å². The van der Waals surface area contributed by atoms with Crippen LogP contribution in [0.2, 0.25) is 0 Å². The molecule has 2 fully saturated rings. The molecule has 0 unspecified atom stereocenters. The van der Waals surface area contributed by atoms with Gasteiger partial charge in [0, 0.05) is 33.1 Å². The molecule has 2 rings (SSSR count). The van der Waals surface area contributed by atoms with E-state index in [2.05, 4.69) is 29.1 Å². The Hall–Kier alpha value is -0.530. The van der Waals surface area contributed by atoms with E-state index < -0.39 is 0 Å². The lowest BCUT2D eigenvalue weighted by atomic mass is 9.93. The summed E-state index contributed by atoms with van der Waals surface area (Å²) in [5.41, 5.74) is 0.364. The first-order valence-corrected chi connectivity index (χ1v) is 8.65. The molecular formula is C17H32IN3O2. The van der Waals surface area contributed by atoms with Crippen molar-refractivity contribution >= 4 is 35.9 Å². The van der Waals surface area contributed by atoms with Crippen molar-refractivity contribution in [2.45, 2.75) is 64.9 Å². The molecular weight excluding hydrogens is 405 g/mol. The maximum atomic E-state index is 11.8. The summed E-state index contributed by atoms with van der Waals surface area (Å²) in [5.74, 6) is 0.903. The molecule has 5 nitrogen and oxygen atoms in total. The molecule has 0 atom stereocenters. The highest BCUT2D eigenvalue weighted by atomic mass is 127. The zero-order chi connectivity index (χ0) is 16.0. The van der Waals surface area contributed by atoms with Crippen LogP contribution in [0, 0.1) is 5.41 Å². The Morgan fingerprint density at radius 3 is 2.61 bits per heavy atom. The third-order valence-corrected chi connectivity index (χ3v) is 4.63. The average Bonchev–Trinajstić information content (AvgIpc) is 3.08. The Morgan fingerprint density at radius 1 is 1.35 bits per heavy atom. The molecule has 2 aliphatic rings. The first kappa shape index (κ1) is 20.5. The van der Waals surface area contributed by atoms with Crippen molar-refractivity contribution in [2.75, 3.05) is 26.7 Å². The molecule has 0 spiro atoms. The minimum absolute atomic E-state index is 0. The van der Waals surface area contributed by atoms with Gasteiger partial charge in [0.15, 0.2) is 5.96 Å². The summed E-state index contributed by atoms with van der Waals surface area (Å²) in [4.78, 5) is 18.4. The number of esters is 1. The fourth-order valence-corrected chi connectivity index (χ4v) is 3.31. The Balaban J connectivity index is 0.00000264. The lowest BCUT2D eigenvalue weighted by molar-refractivity contribution is -0.148. The molecule has 1 aliphatic heterocycles. The Labute approximate surface area is 157 Å². The summed E-state index contributed by atoms with van der Waals surface area (Å²) in [6.45, 7) is 7.44. The molecule has 0 aromatic heterocycles. The number of hydrogen-bond acceptors (Lipinski definition) is 3. The van der Waals surface area contributed by atoms with Crippen LogP contribution in [0.15, 0.2) is 4.99 Å². The fraction of sp³-hybridized carbons (Fsp3) is 0.882. The maximum Gasteiger partial charge on any atom is 0.306 e. The zero-order valence-corrected chi connectivity index (χ0v) is 17.1. The zero-order valence-electron chi connectivity index (χ0n) is 14.8. The summed E-state index contributed by atoms with van der Waals surface area (Å²) in [6.07, 6.45) is 7.14. The summed E-state index contributed by atoms with van der Waals surface area (Å²) in [5, 5.41) is 3.37. The highest BCUT2D eigenvalue weighted by molar-refractivity contribution is 14.0. The van der Waals surface area contributed by atoms with Crippen LogP contribution in [0.1, 0.15) is 58.8 Å². The third-order valence-electron chi connectivity index (χ3n) is 4.63. The van der Waals surface area contributed by atoms with Crippen molar-refractivity contribution in [3.8, 4) is 0 Å². The lowest BCUT2D eigenvalue weighted by Crippen LogP contribution is -2.41. The Morgan fingerprint density at radius 2 is 2.04 bits per heavy atom. The van der Waals surface area contributed by atoms with Crippen LogP contribution >= 0.6 is 24.0 Å². The van der Waals surface area contributed by atoms with E-state index >= 15 is 0 Å². The summed E-state index contributed by atoms with van der Waals surface area (Å²) >= 11 is 0. The van der Waals surface area contributed by atoms with Crippen molar-refractivity contribution < 1.29 is 9.53 Å². The number of ether oxygens (including phenoxy) is 1. The minimum atomic E-state index is -0.0500. The van der Waals surface area contributed by atoms with Gasteiger partial charge in [0.2, 0.25) is 0 Å². The van der Waals surface area contributed by atoms with Crippen molar-refractivity contribution in [1.82, 2.24) is 10.2 Å². The van der Waals surface area contributed by atoms with Gasteiger partial charge in [-0.3, -0.25) is 9.79 Å². The molecule has 1 saturated carbocycles. The molecule has 0 aromatic rings. The highest BCUT2D eigenvalue weighted by Crippen LogP contribution is 2.28. The molecule has 1 heterocycles. The van der Waals surface area contributed by atoms with E-state index in [4.69, 9.17) is 4.74 Å². The van der Waals surface area contributed by atoms with Gasteiger partial charge < -0.3 is 15.0 Å². The van der Waals surface area contributed by atoms with Crippen molar-refractivity contribution in [2.24, 2.45) is 10.4 Å². The van der Waals surface area contributed by atoms with Crippen molar-refractivity contribution in [3.05, 3.63) is 0 Å². The predicted octanol–water partition coefficient (Wildman–Crippen LogP) is 3.18.